The Labute approximate surface area is 172 Å². The molecule has 1 amide bonds. The molecule has 0 saturated carbocycles. The summed E-state index contributed by atoms with van der Waals surface area (Å²) in [4.78, 5) is 11.0. The van der Waals surface area contributed by atoms with Crippen molar-refractivity contribution < 1.29 is 23.8 Å². The molecule has 0 heterocycles. The van der Waals surface area contributed by atoms with Crippen molar-refractivity contribution in [1.82, 2.24) is 10.6 Å². The van der Waals surface area contributed by atoms with E-state index in [0.29, 0.717) is 6.54 Å². The average Bonchev–Trinajstić information content (AvgIpc) is 2.56. The van der Waals surface area contributed by atoms with E-state index in [9.17, 15) is 18.7 Å². The zero-order chi connectivity index (χ0) is 20.0. The van der Waals surface area contributed by atoms with Gasteiger partial charge in [0.05, 0.1) is 12.1 Å². The zero-order valence-corrected chi connectivity index (χ0v) is 17.2. The summed E-state index contributed by atoms with van der Waals surface area (Å²) in [6, 6.07) is 7.72. The molecule has 4 N–H and O–H groups in total. The Morgan fingerprint density at radius 3 is 2.30 bits per heavy atom. The maximum atomic E-state index is 13.3. The molecule has 0 aliphatic carbocycles. The fourth-order valence-corrected chi connectivity index (χ4v) is 3.25. The molecule has 0 bridgehead atoms. The summed E-state index contributed by atoms with van der Waals surface area (Å²) in [5.74, 6) is -1.51. The van der Waals surface area contributed by atoms with Gasteiger partial charge in [0.1, 0.15) is 11.6 Å². The van der Waals surface area contributed by atoms with Crippen LogP contribution in [-0.2, 0) is 13.0 Å². The number of nitrogens with one attached hydrogen (secondary N) is 2. The van der Waals surface area contributed by atoms with Crippen LogP contribution in [0.2, 0.25) is 0 Å². The van der Waals surface area contributed by atoms with Crippen LogP contribution in [0.1, 0.15) is 11.1 Å². The molecule has 0 radical (unpaired) electrons. The Morgan fingerprint density at radius 2 is 1.70 bits per heavy atom. The van der Waals surface area contributed by atoms with Crippen LogP contribution in [0, 0.1) is 11.6 Å². The van der Waals surface area contributed by atoms with Gasteiger partial charge in [0.15, 0.2) is 0 Å². The minimum Gasteiger partial charge on any atom is -0.465 e. The van der Waals surface area contributed by atoms with Crippen molar-refractivity contribution in [3.63, 3.8) is 0 Å². The van der Waals surface area contributed by atoms with Crippen LogP contribution in [0.25, 0.3) is 0 Å². The first-order chi connectivity index (χ1) is 12.7. The van der Waals surface area contributed by atoms with Crippen molar-refractivity contribution in [1.29, 1.82) is 0 Å². The summed E-state index contributed by atoms with van der Waals surface area (Å²) < 4.78 is 28.5. The van der Waals surface area contributed by atoms with Gasteiger partial charge in [0.2, 0.25) is 0 Å². The fourth-order valence-electron chi connectivity index (χ4n) is 2.58. The van der Waals surface area contributed by atoms with Crippen LogP contribution in [0.15, 0.2) is 45.3 Å². The van der Waals surface area contributed by atoms with Crippen LogP contribution in [0.3, 0.4) is 0 Å². The van der Waals surface area contributed by atoms with Gasteiger partial charge >= 0.3 is 6.09 Å². The molecular formula is C18H18Br2F2N2O3. The Bertz CT molecular complexity index is 788. The maximum absolute atomic E-state index is 13.3. The number of hydrogen-bond acceptors (Lipinski definition) is 3. The monoisotopic (exact) mass is 506 g/mol. The van der Waals surface area contributed by atoms with Gasteiger partial charge in [-0.3, -0.25) is 0 Å². The van der Waals surface area contributed by atoms with E-state index in [1.807, 2.05) is 18.2 Å². The predicted octanol–water partition coefficient (Wildman–Crippen LogP) is 3.82. The fraction of sp³-hybridized carbons (Fsp3) is 0.278. The van der Waals surface area contributed by atoms with Crippen LogP contribution >= 0.6 is 31.9 Å². The summed E-state index contributed by atoms with van der Waals surface area (Å²) >= 11 is 6.79. The standard InChI is InChI=1S/C18H18Br2F2N2O3/c19-14-2-1-10(5-15(14)20)8-23-9-17(25)16(24-18(26)27)6-11-3-12(21)7-13(22)4-11/h1-5,7,16-17,23-25H,6,8-9H2,(H,26,27)/t16-,17+/m0/s1. The predicted molar refractivity (Wildman–Crippen MR) is 105 cm³/mol. The molecule has 0 aliphatic rings. The summed E-state index contributed by atoms with van der Waals surface area (Å²) in [6.07, 6.45) is -2.47. The lowest BCUT2D eigenvalue weighted by Gasteiger charge is -2.23. The van der Waals surface area contributed by atoms with E-state index < -0.39 is 29.9 Å². The van der Waals surface area contributed by atoms with Crippen molar-refractivity contribution in [2.75, 3.05) is 6.54 Å². The lowest BCUT2D eigenvalue weighted by atomic mass is 10.0. The highest BCUT2D eigenvalue weighted by atomic mass is 79.9. The first-order valence-corrected chi connectivity index (χ1v) is 9.60. The van der Waals surface area contributed by atoms with E-state index in [1.165, 1.54) is 0 Å². The normalized spacial score (nSPS) is 13.2. The molecule has 0 aliphatic heterocycles. The average molecular weight is 508 g/mol. The molecule has 0 fully saturated rings. The molecule has 2 rings (SSSR count). The highest BCUT2D eigenvalue weighted by Gasteiger charge is 2.22. The lowest BCUT2D eigenvalue weighted by Crippen LogP contribution is -2.48. The van der Waals surface area contributed by atoms with Gasteiger partial charge in [-0.25, -0.2) is 13.6 Å². The molecule has 0 saturated heterocycles. The van der Waals surface area contributed by atoms with Crippen LogP contribution in [-0.4, -0.2) is 35.0 Å². The van der Waals surface area contributed by atoms with E-state index in [0.717, 1.165) is 32.7 Å². The number of rotatable bonds is 8. The molecule has 2 aromatic carbocycles. The Hall–Kier alpha value is -1.55. The third kappa shape index (κ3) is 7.17. The number of hydrogen-bond donors (Lipinski definition) is 4. The molecule has 9 heteroatoms. The molecule has 146 valence electrons. The molecule has 0 spiro atoms. The molecule has 2 atom stereocenters. The van der Waals surface area contributed by atoms with Crippen molar-refractivity contribution in [2.24, 2.45) is 0 Å². The summed E-state index contributed by atoms with van der Waals surface area (Å²) in [6.45, 7) is 0.549. The Morgan fingerprint density at radius 1 is 1.04 bits per heavy atom. The number of benzene rings is 2. The number of aliphatic hydroxyl groups excluding tert-OH is 1. The minimum atomic E-state index is -1.33. The third-order valence-electron chi connectivity index (χ3n) is 3.82. The highest BCUT2D eigenvalue weighted by Crippen LogP contribution is 2.23. The van der Waals surface area contributed by atoms with E-state index in [2.05, 4.69) is 42.5 Å². The van der Waals surface area contributed by atoms with Gasteiger partial charge in [-0.05, 0) is 73.7 Å². The second-order valence-electron chi connectivity index (χ2n) is 5.98. The quantitative estimate of drug-likeness (QED) is 0.438. The number of aliphatic hydroxyl groups is 1. The second-order valence-corrected chi connectivity index (χ2v) is 7.69. The van der Waals surface area contributed by atoms with E-state index in [4.69, 9.17) is 5.11 Å². The molecule has 0 unspecified atom stereocenters. The molecule has 27 heavy (non-hydrogen) atoms. The Kier molecular flexibility index (Phi) is 8.15. The van der Waals surface area contributed by atoms with Crippen molar-refractivity contribution in [2.45, 2.75) is 25.1 Å². The number of amides is 1. The SMILES string of the molecule is O=C(O)N[C@@H](Cc1cc(F)cc(F)c1)[C@H](O)CNCc1ccc(Br)c(Br)c1. The van der Waals surface area contributed by atoms with Crippen molar-refractivity contribution >= 4 is 38.0 Å². The highest BCUT2D eigenvalue weighted by molar-refractivity contribution is 9.13. The topological polar surface area (TPSA) is 81.6 Å². The first-order valence-electron chi connectivity index (χ1n) is 8.01. The van der Waals surface area contributed by atoms with Crippen LogP contribution < -0.4 is 10.6 Å². The molecule has 5 nitrogen and oxygen atoms in total. The molecular weight excluding hydrogens is 490 g/mol. The summed E-state index contributed by atoms with van der Waals surface area (Å²) in [5.41, 5.74) is 1.22. The third-order valence-corrected chi connectivity index (χ3v) is 5.70. The second kappa shape index (κ2) is 10.1. The van der Waals surface area contributed by atoms with E-state index >= 15 is 0 Å². The van der Waals surface area contributed by atoms with Crippen molar-refractivity contribution in [3.05, 3.63) is 68.1 Å². The van der Waals surface area contributed by atoms with E-state index in [-0.39, 0.29) is 18.5 Å². The summed E-state index contributed by atoms with van der Waals surface area (Å²) in [5, 5.41) is 24.6. The van der Waals surface area contributed by atoms with Gasteiger partial charge < -0.3 is 20.8 Å². The maximum Gasteiger partial charge on any atom is 0.404 e. The van der Waals surface area contributed by atoms with Gasteiger partial charge in [0.25, 0.3) is 0 Å². The van der Waals surface area contributed by atoms with Crippen LogP contribution in [0.5, 0.6) is 0 Å². The van der Waals surface area contributed by atoms with E-state index in [1.54, 1.807) is 0 Å². The lowest BCUT2D eigenvalue weighted by molar-refractivity contribution is 0.117. The largest absolute Gasteiger partial charge is 0.465 e. The number of carboxylic acid groups (broad SMARTS) is 1. The van der Waals surface area contributed by atoms with Crippen LogP contribution in [0.4, 0.5) is 13.6 Å². The van der Waals surface area contributed by atoms with Gasteiger partial charge in [-0.1, -0.05) is 6.07 Å². The minimum absolute atomic E-state index is 0.0480. The van der Waals surface area contributed by atoms with Gasteiger partial charge in [0, 0.05) is 28.1 Å². The van der Waals surface area contributed by atoms with Crippen molar-refractivity contribution in [3.8, 4) is 0 Å². The Balaban J connectivity index is 1.97. The number of carbonyl (C=O) groups is 1. The summed E-state index contributed by atoms with van der Waals surface area (Å²) in [7, 11) is 0. The van der Waals surface area contributed by atoms with Gasteiger partial charge in [-0.2, -0.15) is 0 Å². The molecule has 0 aromatic heterocycles. The van der Waals surface area contributed by atoms with Gasteiger partial charge in [-0.15, -0.1) is 0 Å². The molecule has 2 aromatic rings. The first kappa shape index (κ1) is 21.7. The number of halogens is 4. The zero-order valence-electron chi connectivity index (χ0n) is 14.1. The smallest absolute Gasteiger partial charge is 0.404 e.